The first kappa shape index (κ1) is 12.8. The van der Waals surface area contributed by atoms with Gasteiger partial charge in [0.25, 0.3) is 0 Å². The number of hydrogen-bond donors (Lipinski definition) is 0. The summed E-state index contributed by atoms with van der Waals surface area (Å²) in [5.41, 5.74) is 0. The van der Waals surface area contributed by atoms with Gasteiger partial charge in [-0.15, -0.1) is 0 Å². The van der Waals surface area contributed by atoms with Crippen LogP contribution >= 0.6 is 8.58 Å². The van der Waals surface area contributed by atoms with Crippen molar-refractivity contribution in [2.75, 3.05) is 32.6 Å². The topological polar surface area (TPSA) is 6.48 Å². The molecule has 1 aliphatic heterocycles. The van der Waals surface area contributed by atoms with E-state index in [1.165, 1.54) is 12.3 Å². The lowest BCUT2D eigenvalue weighted by Crippen LogP contribution is -2.21. The third-order valence-electron chi connectivity index (χ3n) is 1.79. The van der Waals surface area contributed by atoms with Gasteiger partial charge in [0.05, 0.1) is 6.67 Å². The van der Waals surface area contributed by atoms with Crippen molar-refractivity contribution in [1.82, 2.24) is 9.80 Å². The largest absolute Gasteiger partial charge is 0.362 e. The Bertz CT molecular complexity index is 135. The zero-order valence-corrected chi connectivity index (χ0v) is 10.2. The van der Waals surface area contributed by atoms with E-state index < -0.39 is 0 Å². The van der Waals surface area contributed by atoms with Gasteiger partial charge in [0.15, 0.2) is 0 Å². The van der Waals surface area contributed by atoms with Gasteiger partial charge >= 0.3 is 0 Å². The minimum atomic E-state index is 1.05. The van der Waals surface area contributed by atoms with Crippen molar-refractivity contribution in [3.63, 3.8) is 0 Å². The molecule has 0 bridgehead atoms. The molecule has 1 rings (SSSR count). The van der Waals surface area contributed by atoms with Gasteiger partial charge in [-0.1, -0.05) is 22.4 Å². The highest BCUT2D eigenvalue weighted by atomic mass is 31.1. The van der Waals surface area contributed by atoms with E-state index in [0.717, 1.165) is 13.2 Å². The second-order valence-corrected chi connectivity index (χ2v) is 4.67. The second-order valence-electron chi connectivity index (χ2n) is 2.96. The van der Waals surface area contributed by atoms with Crippen molar-refractivity contribution in [2.45, 2.75) is 20.8 Å². The summed E-state index contributed by atoms with van der Waals surface area (Å²) in [5, 5.41) is 0. The molecule has 0 N–H and O–H groups in total. The van der Waals surface area contributed by atoms with Crippen molar-refractivity contribution in [2.24, 2.45) is 0 Å². The summed E-state index contributed by atoms with van der Waals surface area (Å²) >= 11 is 0. The van der Waals surface area contributed by atoms with E-state index in [1.807, 2.05) is 0 Å². The molecule has 0 fully saturated rings. The Morgan fingerprint density at radius 3 is 1.92 bits per heavy atom. The summed E-state index contributed by atoms with van der Waals surface area (Å²) in [4.78, 5) is 4.41. The molecule has 0 aromatic carbocycles. The van der Waals surface area contributed by atoms with Gasteiger partial charge < -0.3 is 9.80 Å². The van der Waals surface area contributed by atoms with Crippen LogP contribution in [0.5, 0.6) is 0 Å². The van der Waals surface area contributed by atoms with E-state index in [2.05, 4.69) is 50.0 Å². The normalized spacial score (nSPS) is 14.5. The first-order chi connectivity index (χ1) is 6.24. The maximum absolute atomic E-state index is 2.25. The fourth-order valence-corrected chi connectivity index (χ4v) is 1.47. The molecule has 0 spiro atoms. The summed E-state index contributed by atoms with van der Waals surface area (Å²) in [6, 6.07) is 0. The second kappa shape index (κ2) is 8.37. The molecule has 0 saturated heterocycles. The standard InChI is InChI=1S/C6H12N2.C4H10P/c1-3-8-5-4-7(2)6-8;1-3-5-4-2/h4-5H,3,6H2,1-2H3;3-4H2,1-2H3. The molecule has 0 amide bonds. The van der Waals surface area contributed by atoms with Crippen molar-refractivity contribution in [3.8, 4) is 0 Å². The molecule has 0 unspecified atom stereocenters. The smallest absolute Gasteiger partial charge is 0.0890 e. The number of rotatable bonds is 3. The molecular weight excluding hydrogens is 179 g/mol. The summed E-state index contributed by atoms with van der Waals surface area (Å²) in [5.74, 6) is 0. The van der Waals surface area contributed by atoms with Gasteiger partial charge in [0, 0.05) is 26.0 Å². The Morgan fingerprint density at radius 2 is 1.77 bits per heavy atom. The first-order valence-electron chi connectivity index (χ1n) is 5.00. The minimum absolute atomic E-state index is 1.05. The van der Waals surface area contributed by atoms with Crippen LogP contribution < -0.4 is 0 Å². The van der Waals surface area contributed by atoms with Crippen LogP contribution in [0.25, 0.3) is 0 Å². The van der Waals surface area contributed by atoms with E-state index in [9.17, 15) is 0 Å². The molecule has 0 saturated carbocycles. The maximum Gasteiger partial charge on any atom is 0.0890 e. The lowest BCUT2D eigenvalue weighted by molar-refractivity contribution is 0.308. The summed E-state index contributed by atoms with van der Waals surface area (Å²) in [7, 11) is 3.66. The fraction of sp³-hybridized carbons (Fsp3) is 0.800. The van der Waals surface area contributed by atoms with Gasteiger partial charge in [-0.05, 0) is 19.2 Å². The molecule has 13 heavy (non-hydrogen) atoms. The molecule has 0 atom stereocenters. The lowest BCUT2D eigenvalue weighted by atomic mass is 10.6. The predicted octanol–water partition coefficient (Wildman–Crippen LogP) is 2.65. The minimum Gasteiger partial charge on any atom is -0.362 e. The van der Waals surface area contributed by atoms with E-state index in [1.54, 1.807) is 8.58 Å². The van der Waals surface area contributed by atoms with E-state index in [4.69, 9.17) is 0 Å². The third-order valence-corrected chi connectivity index (χ3v) is 2.68. The molecule has 77 valence electrons. The highest BCUT2D eigenvalue weighted by Gasteiger charge is 2.03. The van der Waals surface area contributed by atoms with Crippen LogP contribution in [-0.4, -0.2) is 42.4 Å². The molecule has 3 heteroatoms. The van der Waals surface area contributed by atoms with Crippen LogP contribution in [0.15, 0.2) is 12.4 Å². The van der Waals surface area contributed by atoms with Gasteiger partial charge in [-0.3, -0.25) is 0 Å². The van der Waals surface area contributed by atoms with Crippen LogP contribution in [0.4, 0.5) is 0 Å². The van der Waals surface area contributed by atoms with Gasteiger partial charge in [-0.25, -0.2) is 0 Å². The average Bonchev–Trinajstić information content (AvgIpc) is 2.54. The van der Waals surface area contributed by atoms with Crippen molar-refractivity contribution >= 4 is 8.58 Å². The SMILES string of the molecule is CCN1C=CN(C)C1.CC[P]CC. The van der Waals surface area contributed by atoms with Crippen LogP contribution in [0.2, 0.25) is 0 Å². The van der Waals surface area contributed by atoms with Crippen molar-refractivity contribution < 1.29 is 0 Å². The summed E-state index contributed by atoms with van der Waals surface area (Å²) in [6.07, 6.45) is 6.83. The highest BCUT2D eigenvalue weighted by Crippen LogP contribution is 2.04. The van der Waals surface area contributed by atoms with Gasteiger partial charge in [0.1, 0.15) is 0 Å². The van der Waals surface area contributed by atoms with Gasteiger partial charge in [0.2, 0.25) is 0 Å². The highest BCUT2D eigenvalue weighted by molar-refractivity contribution is 7.37. The average molecular weight is 201 g/mol. The molecule has 0 aromatic heterocycles. The van der Waals surface area contributed by atoms with Crippen LogP contribution in [0, 0.1) is 0 Å². The molecule has 0 aliphatic carbocycles. The Morgan fingerprint density at radius 1 is 1.15 bits per heavy atom. The molecule has 1 heterocycles. The molecule has 0 aromatic rings. The third kappa shape index (κ3) is 6.89. The fourth-order valence-electron chi connectivity index (χ4n) is 1.02. The van der Waals surface area contributed by atoms with E-state index in [0.29, 0.717) is 0 Å². The Labute approximate surface area is 84.8 Å². The van der Waals surface area contributed by atoms with Crippen LogP contribution in [0.3, 0.4) is 0 Å². The quantitative estimate of drug-likeness (QED) is 0.648. The van der Waals surface area contributed by atoms with Gasteiger partial charge in [-0.2, -0.15) is 0 Å². The Kier molecular flexibility index (Phi) is 8.22. The zero-order valence-electron chi connectivity index (χ0n) is 9.32. The van der Waals surface area contributed by atoms with E-state index >= 15 is 0 Å². The molecule has 2 nitrogen and oxygen atoms in total. The Hall–Kier alpha value is -0.230. The predicted molar refractivity (Wildman–Crippen MR) is 62.2 cm³/mol. The Balaban J connectivity index is 0.000000252. The lowest BCUT2D eigenvalue weighted by Gasteiger charge is -2.14. The number of nitrogens with zero attached hydrogens (tertiary/aromatic N) is 2. The van der Waals surface area contributed by atoms with Crippen molar-refractivity contribution in [1.29, 1.82) is 0 Å². The van der Waals surface area contributed by atoms with E-state index in [-0.39, 0.29) is 0 Å². The zero-order chi connectivity index (χ0) is 10.1. The maximum atomic E-state index is 2.25. The monoisotopic (exact) mass is 201 g/mol. The van der Waals surface area contributed by atoms with Crippen molar-refractivity contribution in [3.05, 3.63) is 12.4 Å². The molecule has 1 aliphatic rings. The first-order valence-corrected chi connectivity index (χ1v) is 6.26. The molecular formula is C10H22N2P. The number of hydrogen-bond acceptors (Lipinski definition) is 2. The summed E-state index contributed by atoms with van der Waals surface area (Å²) in [6.45, 7) is 8.72. The van der Waals surface area contributed by atoms with Crippen LogP contribution in [0.1, 0.15) is 20.8 Å². The molecule has 1 radical (unpaired) electrons. The summed E-state index contributed by atoms with van der Waals surface area (Å²) < 4.78 is 0. The van der Waals surface area contributed by atoms with Crippen LogP contribution in [-0.2, 0) is 0 Å².